The molecule has 1 aliphatic rings. The predicted molar refractivity (Wildman–Crippen MR) is 109 cm³/mol. The van der Waals surface area contributed by atoms with E-state index in [-0.39, 0.29) is 12.1 Å². The number of carbonyl (C=O) groups is 1. The van der Waals surface area contributed by atoms with Gasteiger partial charge in [0.1, 0.15) is 5.71 Å². The number of hydrogen-bond acceptors (Lipinski definition) is 5. The molecule has 0 saturated carbocycles. The Morgan fingerprint density at radius 1 is 1.33 bits per heavy atom. The maximum atomic E-state index is 13.1. The molecule has 2 N–H and O–H groups in total. The summed E-state index contributed by atoms with van der Waals surface area (Å²) in [5.41, 5.74) is 0.634. The molecular formula is C20H19ClF3N5O. The number of rotatable bonds is 2. The van der Waals surface area contributed by atoms with Gasteiger partial charge in [0.15, 0.2) is 5.82 Å². The molecule has 0 unspecified atom stereocenters. The molecule has 1 aromatic carbocycles. The van der Waals surface area contributed by atoms with E-state index in [4.69, 9.17) is 17.4 Å². The van der Waals surface area contributed by atoms with Crippen molar-refractivity contribution in [2.45, 2.75) is 32.5 Å². The number of aliphatic imine (C=N–C) groups is 1. The van der Waals surface area contributed by atoms with Crippen molar-refractivity contribution in [2.75, 3.05) is 6.54 Å². The first-order valence-corrected chi connectivity index (χ1v) is 9.46. The Morgan fingerprint density at radius 2 is 2.07 bits per heavy atom. The average molecular weight is 438 g/mol. The van der Waals surface area contributed by atoms with E-state index in [0.717, 1.165) is 17.7 Å². The summed E-state index contributed by atoms with van der Waals surface area (Å²) in [6.45, 7) is 3.81. The lowest BCUT2D eigenvalue weighted by atomic mass is 9.97. The second-order valence-corrected chi connectivity index (χ2v) is 7.23. The highest BCUT2D eigenvalue weighted by molar-refractivity contribution is 6.45. The molecule has 1 saturated heterocycles. The number of halogens is 4. The van der Waals surface area contributed by atoms with Gasteiger partial charge in [0.2, 0.25) is 0 Å². The summed E-state index contributed by atoms with van der Waals surface area (Å²) in [5.74, 6) is 5.41. The van der Waals surface area contributed by atoms with E-state index in [0.29, 0.717) is 23.7 Å². The number of likely N-dealkylation sites (tertiary alicyclic amines) is 1. The summed E-state index contributed by atoms with van der Waals surface area (Å²) in [6.07, 6.45) is -2.71. The third-order valence-corrected chi connectivity index (χ3v) is 5.24. The van der Waals surface area contributed by atoms with Crippen molar-refractivity contribution < 1.29 is 18.0 Å². The molecule has 2 heterocycles. The lowest BCUT2D eigenvalue weighted by Gasteiger charge is -2.35. The topological polar surface area (TPSA) is 83.9 Å². The maximum absolute atomic E-state index is 13.1. The zero-order valence-electron chi connectivity index (χ0n) is 16.2. The van der Waals surface area contributed by atoms with Crippen molar-refractivity contribution in [3.05, 3.63) is 58.2 Å². The molecule has 0 bridgehead atoms. The largest absolute Gasteiger partial charge is 0.417 e. The van der Waals surface area contributed by atoms with Gasteiger partial charge in [-0.3, -0.25) is 4.79 Å². The molecule has 1 aliphatic heterocycles. The minimum atomic E-state index is -4.66. The van der Waals surface area contributed by atoms with Crippen LogP contribution in [0.4, 0.5) is 19.0 Å². The van der Waals surface area contributed by atoms with Gasteiger partial charge in [0, 0.05) is 19.2 Å². The van der Waals surface area contributed by atoms with Crippen LogP contribution in [0.2, 0.25) is 5.02 Å². The Bertz CT molecular complexity index is 1040. The van der Waals surface area contributed by atoms with Crippen LogP contribution < -0.4 is 5.84 Å². The molecule has 1 amide bonds. The van der Waals surface area contributed by atoms with Crippen LogP contribution in [0, 0.1) is 6.92 Å². The monoisotopic (exact) mass is 437 g/mol. The quantitative estimate of drug-likeness (QED) is 0.558. The van der Waals surface area contributed by atoms with Gasteiger partial charge < -0.3 is 10.7 Å². The first-order chi connectivity index (χ1) is 14.1. The van der Waals surface area contributed by atoms with Gasteiger partial charge in [-0.25, -0.2) is 9.98 Å². The summed E-state index contributed by atoms with van der Waals surface area (Å²) in [7, 11) is 0. The average Bonchev–Trinajstić information content (AvgIpc) is 2.67. The lowest BCUT2D eigenvalue weighted by Crippen LogP contribution is -2.51. The van der Waals surface area contributed by atoms with Gasteiger partial charge in [0.25, 0.3) is 5.91 Å². The minimum absolute atomic E-state index is 0.218. The third-order valence-electron chi connectivity index (χ3n) is 4.83. The molecule has 0 radical (unpaired) electrons. The fourth-order valence-electron chi connectivity index (χ4n) is 3.30. The van der Waals surface area contributed by atoms with E-state index in [1.165, 1.54) is 11.0 Å². The van der Waals surface area contributed by atoms with Crippen LogP contribution >= 0.6 is 11.6 Å². The van der Waals surface area contributed by atoms with Crippen LogP contribution in [0.25, 0.3) is 0 Å². The van der Waals surface area contributed by atoms with Crippen LogP contribution in [0.15, 0.2) is 46.6 Å². The highest BCUT2D eigenvalue weighted by Gasteiger charge is 2.37. The molecule has 30 heavy (non-hydrogen) atoms. The Kier molecular flexibility index (Phi) is 6.12. The number of nitrogens with zero attached hydrogens (tertiary/aromatic N) is 4. The normalized spacial score (nSPS) is 20.1. The number of benzene rings is 1. The van der Waals surface area contributed by atoms with Crippen LogP contribution in [0.1, 0.15) is 34.8 Å². The standard InChI is InChI=1S/C20H19ClF3N5O/c1-11-6-8-26-16(10-11)27-15-7-9-29(12(2)18(15)28-25)19(30)13-4-3-5-14(17(13)21)20(22,23)24/h3-6,8,10,12H,7,9,25H2,1-2H3/t12-/m0/s1. The number of aromatic nitrogens is 1. The predicted octanol–water partition coefficient (Wildman–Crippen LogP) is 4.38. The van der Waals surface area contributed by atoms with E-state index in [1.54, 1.807) is 19.2 Å². The second kappa shape index (κ2) is 8.43. The van der Waals surface area contributed by atoms with Crippen LogP contribution in [-0.2, 0) is 6.18 Å². The highest BCUT2D eigenvalue weighted by Crippen LogP contribution is 2.37. The number of alkyl halides is 3. The Morgan fingerprint density at radius 3 is 2.70 bits per heavy atom. The molecule has 10 heteroatoms. The molecule has 0 spiro atoms. The summed E-state index contributed by atoms with van der Waals surface area (Å²) < 4.78 is 39.4. The van der Waals surface area contributed by atoms with Gasteiger partial charge in [-0.05, 0) is 43.7 Å². The van der Waals surface area contributed by atoms with E-state index in [1.807, 2.05) is 13.0 Å². The first kappa shape index (κ1) is 21.8. The van der Waals surface area contributed by atoms with Crippen molar-refractivity contribution in [1.82, 2.24) is 9.88 Å². The number of amides is 1. The molecule has 3 rings (SSSR count). The summed E-state index contributed by atoms with van der Waals surface area (Å²) in [6, 6.07) is 6.29. The SMILES string of the molecule is Cc1ccnc(N=C2CCN(C(=O)c3cccc(C(F)(F)F)c3Cl)[C@@H](C)C2=NN)c1. The number of piperidine rings is 1. The number of hydrazone groups is 1. The molecule has 158 valence electrons. The number of nitrogens with two attached hydrogens (primary N) is 1. The number of aryl methyl sites for hydroxylation is 1. The summed E-state index contributed by atoms with van der Waals surface area (Å²) in [4.78, 5) is 23.1. The zero-order valence-corrected chi connectivity index (χ0v) is 17.0. The third kappa shape index (κ3) is 4.30. The molecular weight excluding hydrogens is 419 g/mol. The minimum Gasteiger partial charge on any atom is -0.330 e. The molecule has 6 nitrogen and oxygen atoms in total. The molecule has 1 fully saturated rings. The molecule has 2 aromatic rings. The Balaban J connectivity index is 1.91. The second-order valence-electron chi connectivity index (χ2n) is 6.85. The van der Waals surface area contributed by atoms with Gasteiger partial charge in [0.05, 0.1) is 27.9 Å². The summed E-state index contributed by atoms with van der Waals surface area (Å²) >= 11 is 5.92. The van der Waals surface area contributed by atoms with Crippen LogP contribution in [0.3, 0.4) is 0 Å². The van der Waals surface area contributed by atoms with Crippen molar-refractivity contribution in [3.63, 3.8) is 0 Å². The highest BCUT2D eigenvalue weighted by atomic mass is 35.5. The Hall–Kier alpha value is -2.94. The van der Waals surface area contributed by atoms with Crippen molar-refractivity contribution in [3.8, 4) is 0 Å². The summed E-state index contributed by atoms with van der Waals surface area (Å²) in [5, 5.41) is 3.16. The van der Waals surface area contributed by atoms with E-state index >= 15 is 0 Å². The Labute approximate surface area is 176 Å². The van der Waals surface area contributed by atoms with Gasteiger partial charge in [-0.2, -0.15) is 18.3 Å². The van der Waals surface area contributed by atoms with Gasteiger partial charge in [-0.15, -0.1) is 0 Å². The first-order valence-electron chi connectivity index (χ1n) is 9.08. The maximum Gasteiger partial charge on any atom is 0.417 e. The smallest absolute Gasteiger partial charge is 0.330 e. The van der Waals surface area contributed by atoms with Gasteiger partial charge in [-0.1, -0.05) is 17.7 Å². The number of carbonyl (C=O) groups excluding carboxylic acids is 1. The van der Waals surface area contributed by atoms with E-state index in [9.17, 15) is 18.0 Å². The molecule has 1 atom stereocenters. The molecule has 0 aliphatic carbocycles. The van der Waals surface area contributed by atoms with Gasteiger partial charge >= 0.3 is 6.18 Å². The lowest BCUT2D eigenvalue weighted by molar-refractivity contribution is -0.137. The molecule has 1 aromatic heterocycles. The number of hydrogen-bond donors (Lipinski definition) is 1. The van der Waals surface area contributed by atoms with E-state index < -0.39 is 28.7 Å². The van der Waals surface area contributed by atoms with Crippen molar-refractivity contribution in [1.29, 1.82) is 0 Å². The van der Waals surface area contributed by atoms with Crippen molar-refractivity contribution >= 4 is 34.7 Å². The zero-order chi connectivity index (χ0) is 22.1. The van der Waals surface area contributed by atoms with Crippen LogP contribution in [0.5, 0.6) is 0 Å². The van der Waals surface area contributed by atoms with E-state index in [2.05, 4.69) is 15.1 Å². The fraction of sp³-hybridized carbons (Fsp3) is 0.300. The fourth-order valence-corrected chi connectivity index (χ4v) is 3.61. The number of pyridine rings is 1. The van der Waals surface area contributed by atoms with Crippen molar-refractivity contribution in [2.24, 2.45) is 15.9 Å². The van der Waals surface area contributed by atoms with Crippen LogP contribution in [-0.4, -0.2) is 39.8 Å².